The van der Waals surface area contributed by atoms with Gasteiger partial charge in [0.1, 0.15) is 0 Å². The minimum atomic E-state index is -7.04. The quantitative estimate of drug-likeness (QED) is 0.551. The van der Waals surface area contributed by atoms with Crippen LogP contribution in [-0.2, 0) is 14.2 Å². The minimum Gasteiger partial charge on any atom is -0.255 e. The van der Waals surface area contributed by atoms with Crippen LogP contribution in [0.3, 0.4) is 0 Å². The molecule has 0 aromatic rings. The first-order valence-corrected chi connectivity index (χ1v) is 4.28. The molecular formula is C6HF13O3. The standard InChI is InChI=1S/C6HF13O3/c7-2(3(8,9)10,22-6(17,18)19)1(20-4(11,12)13)21-5(14,15)16/h1H. The molecular weight excluding hydrogens is 367 g/mol. The van der Waals surface area contributed by atoms with Crippen LogP contribution in [0.5, 0.6) is 0 Å². The molecule has 0 aliphatic rings. The van der Waals surface area contributed by atoms with Gasteiger partial charge in [-0.25, -0.2) is 4.74 Å². The van der Waals surface area contributed by atoms with Gasteiger partial charge < -0.3 is 0 Å². The van der Waals surface area contributed by atoms with Gasteiger partial charge >= 0.3 is 31.1 Å². The maximum Gasteiger partial charge on any atom is 0.525 e. The summed E-state index contributed by atoms with van der Waals surface area (Å²) in [6.07, 6.45) is -31.7. The molecule has 0 N–H and O–H groups in total. The normalized spacial score (nSPS) is 17.7. The zero-order valence-corrected chi connectivity index (χ0v) is 9.22. The molecule has 1 atom stereocenters. The van der Waals surface area contributed by atoms with Crippen LogP contribution in [0.25, 0.3) is 0 Å². The highest BCUT2D eigenvalue weighted by Gasteiger charge is 2.71. The third-order valence-electron chi connectivity index (χ3n) is 1.44. The molecule has 134 valence electrons. The predicted molar refractivity (Wildman–Crippen MR) is 35.1 cm³/mol. The van der Waals surface area contributed by atoms with Crippen molar-refractivity contribution in [3.63, 3.8) is 0 Å². The van der Waals surface area contributed by atoms with Crippen molar-refractivity contribution in [3.05, 3.63) is 0 Å². The Morgan fingerprint density at radius 2 is 0.818 bits per heavy atom. The molecule has 3 nitrogen and oxygen atoms in total. The van der Waals surface area contributed by atoms with Gasteiger partial charge in [0.05, 0.1) is 0 Å². The van der Waals surface area contributed by atoms with E-state index in [0.717, 1.165) is 0 Å². The van der Waals surface area contributed by atoms with E-state index in [1.165, 1.54) is 0 Å². The molecule has 0 spiro atoms. The predicted octanol–water partition coefficient (Wildman–Crippen LogP) is 4.15. The molecule has 0 amide bonds. The van der Waals surface area contributed by atoms with Gasteiger partial charge in [0, 0.05) is 0 Å². The Morgan fingerprint density at radius 1 is 0.500 bits per heavy atom. The second kappa shape index (κ2) is 5.88. The Labute approximate surface area is 110 Å². The molecule has 0 fully saturated rings. The smallest absolute Gasteiger partial charge is 0.255 e. The van der Waals surface area contributed by atoms with Gasteiger partial charge in [-0.1, -0.05) is 0 Å². The lowest BCUT2D eigenvalue weighted by atomic mass is 10.3. The number of hydrogen-bond acceptors (Lipinski definition) is 3. The third kappa shape index (κ3) is 6.82. The summed E-state index contributed by atoms with van der Waals surface area (Å²) in [5, 5.41) is 0. The summed E-state index contributed by atoms with van der Waals surface area (Å²) in [7, 11) is 0. The van der Waals surface area contributed by atoms with Crippen LogP contribution in [0.4, 0.5) is 57.1 Å². The number of ether oxygens (including phenoxy) is 3. The fourth-order valence-electron chi connectivity index (χ4n) is 0.826. The highest BCUT2D eigenvalue weighted by Crippen LogP contribution is 2.46. The van der Waals surface area contributed by atoms with Crippen LogP contribution < -0.4 is 0 Å². The molecule has 0 radical (unpaired) electrons. The monoisotopic (exact) mass is 368 g/mol. The van der Waals surface area contributed by atoms with Crippen molar-refractivity contribution in [2.24, 2.45) is 0 Å². The van der Waals surface area contributed by atoms with Gasteiger partial charge in [0.2, 0.25) is 6.29 Å². The van der Waals surface area contributed by atoms with Crippen molar-refractivity contribution in [3.8, 4) is 0 Å². The molecule has 0 aliphatic heterocycles. The first-order chi connectivity index (χ1) is 9.27. The van der Waals surface area contributed by atoms with Crippen molar-refractivity contribution >= 4 is 0 Å². The second-order valence-electron chi connectivity index (χ2n) is 3.15. The van der Waals surface area contributed by atoms with E-state index in [1.807, 2.05) is 9.47 Å². The van der Waals surface area contributed by atoms with E-state index < -0.39 is 37.4 Å². The summed E-state index contributed by atoms with van der Waals surface area (Å²) in [5.74, 6) is -6.66. The maximum atomic E-state index is 13.2. The Hall–Kier alpha value is -1.03. The lowest BCUT2D eigenvalue weighted by Gasteiger charge is -2.34. The highest BCUT2D eigenvalue weighted by atomic mass is 19.4. The number of rotatable bonds is 4. The zero-order chi connectivity index (χ0) is 18.2. The van der Waals surface area contributed by atoms with Crippen LogP contribution in [-0.4, -0.2) is 37.4 Å². The largest absolute Gasteiger partial charge is 0.525 e. The fourth-order valence-corrected chi connectivity index (χ4v) is 0.826. The Morgan fingerprint density at radius 3 is 1.00 bits per heavy atom. The van der Waals surface area contributed by atoms with E-state index >= 15 is 0 Å². The topological polar surface area (TPSA) is 27.7 Å². The molecule has 0 aromatic heterocycles. The van der Waals surface area contributed by atoms with Gasteiger partial charge in [0.25, 0.3) is 0 Å². The molecule has 0 aliphatic carbocycles. The summed E-state index contributed by atoms with van der Waals surface area (Å²) in [6, 6.07) is 0. The van der Waals surface area contributed by atoms with E-state index in [2.05, 4.69) is 0 Å². The fraction of sp³-hybridized carbons (Fsp3) is 1.00. The first-order valence-electron chi connectivity index (χ1n) is 4.28. The summed E-state index contributed by atoms with van der Waals surface area (Å²) >= 11 is 0. The van der Waals surface area contributed by atoms with Crippen LogP contribution in [0.15, 0.2) is 0 Å². The molecule has 0 rings (SSSR count). The van der Waals surface area contributed by atoms with Gasteiger partial charge in [-0.05, 0) is 0 Å². The summed E-state index contributed by atoms with van der Waals surface area (Å²) in [6.45, 7) is 0. The Kier molecular flexibility index (Phi) is 5.60. The molecule has 1 unspecified atom stereocenters. The number of alkyl halides is 13. The lowest BCUT2D eigenvalue weighted by molar-refractivity contribution is -0.536. The molecule has 0 aromatic carbocycles. The van der Waals surface area contributed by atoms with E-state index in [9.17, 15) is 57.1 Å². The average Bonchev–Trinajstić information content (AvgIpc) is 2.06. The third-order valence-corrected chi connectivity index (χ3v) is 1.44. The van der Waals surface area contributed by atoms with E-state index in [-0.39, 0.29) is 0 Å². The van der Waals surface area contributed by atoms with Gasteiger partial charge in [-0.15, -0.1) is 39.5 Å². The van der Waals surface area contributed by atoms with Gasteiger partial charge in [-0.2, -0.15) is 17.6 Å². The van der Waals surface area contributed by atoms with Gasteiger partial charge in [-0.3, -0.25) is 9.47 Å². The van der Waals surface area contributed by atoms with Crippen LogP contribution in [0.2, 0.25) is 0 Å². The van der Waals surface area contributed by atoms with Crippen LogP contribution >= 0.6 is 0 Å². The molecule has 0 bridgehead atoms. The molecule has 0 saturated carbocycles. The van der Waals surface area contributed by atoms with Crippen LogP contribution in [0, 0.1) is 0 Å². The van der Waals surface area contributed by atoms with E-state index in [4.69, 9.17) is 0 Å². The lowest BCUT2D eigenvalue weighted by Crippen LogP contribution is -2.59. The Bertz CT molecular complexity index is 348. The van der Waals surface area contributed by atoms with Crippen molar-refractivity contribution in [2.45, 2.75) is 37.4 Å². The maximum absolute atomic E-state index is 13.2. The summed E-state index contributed by atoms with van der Waals surface area (Å²) < 4.78 is 160. The Balaban J connectivity index is 5.84. The minimum absolute atomic E-state index is 1.70. The number of halogens is 13. The van der Waals surface area contributed by atoms with Crippen molar-refractivity contribution < 1.29 is 71.3 Å². The number of hydrogen-bond donors (Lipinski definition) is 0. The summed E-state index contributed by atoms with van der Waals surface area (Å²) in [5.41, 5.74) is 0. The van der Waals surface area contributed by atoms with E-state index in [0.29, 0.717) is 0 Å². The molecule has 22 heavy (non-hydrogen) atoms. The van der Waals surface area contributed by atoms with Crippen molar-refractivity contribution in [1.29, 1.82) is 0 Å². The van der Waals surface area contributed by atoms with Gasteiger partial charge in [0.15, 0.2) is 0 Å². The summed E-state index contributed by atoms with van der Waals surface area (Å²) in [4.78, 5) is 0. The van der Waals surface area contributed by atoms with Crippen molar-refractivity contribution in [2.75, 3.05) is 0 Å². The zero-order valence-electron chi connectivity index (χ0n) is 9.22. The molecule has 0 saturated heterocycles. The first kappa shape index (κ1) is 21.0. The molecule has 0 heterocycles. The molecule has 16 heteroatoms. The van der Waals surface area contributed by atoms with Crippen molar-refractivity contribution in [1.82, 2.24) is 0 Å². The van der Waals surface area contributed by atoms with Crippen LogP contribution in [0.1, 0.15) is 0 Å². The second-order valence-corrected chi connectivity index (χ2v) is 3.15. The average molecular weight is 368 g/mol. The SMILES string of the molecule is FC(F)(F)OC(OC(F)(F)F)C(F)(OC(F)(F)F)C(F)(F)F. The van der Waals surface area contributed by atoms with E-state index in [1.54, 1.807) is 4.74 Å². The highest BCUT2D eigenvalue weighted by molar-refractivity contribution is 4.83.